The fourth-order valence-electron chi connectivity index (χ4n) is 2.48. The van der Waals surface area contributed by atoms with Crippen LogP contribution < -0.4 is 0 Å². The van der Waals surface area contributed by atoms with Gasteiger partial charge in [-0.25, -0.2) is 0 Å². The predicted molar refractivity (Wildman–Crippen MR) is 63.5 cm³/mol. The lowest BCUT2D eigenvalue weighted by Gasteiger charge is -2.43. The van der Waals surface area contributed by atoms with Crippen LogP contribution in [0.15, 0.2) is 0 Å². The van der Waals surface area contributed by atoms with Crippen molar-refractivity contribution in [3.8, 4) is 12.1 Å². The Balaban J connectivity index is 2.78. The number of hydrogen-bond donors (Lipinski definition) is 0. The molecule has 0 aliphatic heterocycles. The number of carbonyl (C=O) groups is 1. The van der Waals surface area contributed by atoms with Gasteiger partial charge < -0.3 is 4.90 Å². The number of amides is 1. The molecule has 1 aliphatic carbocycles. The van der Waals surface area contributed by atoms with Crippen LogP contribution in [-0.4, -0.2) is 23.4 Å². The summed E-state index contributed by atoms with van der Waals surface area (Å²) >= 11 is 0. The molecule has 0 radical (unpaired) electrons. The summed E-state index contributed by atoms with van der Waals surface area (Å²) in [6.07, 6.45) is 1.62. The normalized spacial score (nSPS) is 26.8. The highest BCUT2D eigenvalue weighted by Crippen LogP contribution is 2.46. The quantitative estimate of drug-likeness (QED) is 0.746. The van der Waals surface area contributed by atoms with Crippen molar-refractivity contribution >= 4 is 5.91 Å². The second-order valence-corrected chi connectivity index (χ2v) is 5.21. The van der Waals surface area contributed by atoms with E-state index in [-0.39, 0.29) is 11.9 Å². The lowest BCUT2D eigenvalue weighted by atomic mass is 9.62. The van der Waals surface area contributed by atoms with E-state index in [9.17, 15) is 10.1 Å². The number of nitriles is 2. The van der Waals surface area contributed by atoms with E-state index in [1.54, 1.807) is 4.90 Å². The second-order valence-electron chi connectivity index (χ2n) is 5.21. The maximum atomic E-state index is 12.4. The van der Waals surface area contributed by atoms with Gasteiger partial charge in [-0.2, -0.15) is 10.5 Å². The van der Waals surface area contributed by atoms with E-state index in [4.69, 9.17) is 5.26 Å². The zero-order chi connectivity index (χ0) is 13.1. The highest BCUT2D eigenvalue weighted by atomic mass is 16.2. The van der Waals surface area contributed by atoms with E-state index >= 15 is 0 Å². The number of carbonyl (C=O) groups excluding carboxylic acids is 1. The first-order valence-electron chi connectivity index (χ1n) is 6.06. The third kappa shape index (κ3) is 2.58. The minimum atomic E-state index is -0.820. The number of nitrogens with zero attached hydrogens (tertiary/aromatic N) is 3. The summed E-state index contributed by atoms with van der Waals surface area (Å²) in [7, 11) is 0. The molecule has 0 aromatic carbocycles. The van der Waals surface area contributed by atoms with Gasteiger partial charge in [-0.3, -0.25) is 4.79 Å². The molecule has 1 amide bonds. The van der Waals surface area contributed by atoms with Crippen LogP contribution in [0.4, 0.5) is 0 Å². The summed E-state index contributed by atoms with van der Waals surface area (Å²) in [5.74, 6) is 0.354. The standard InChI is InChI=1S/C13H19N3O/c1-10(2)16(6-4-5-14)12(17)13(9-15)7-11(3)8-13/h10-11H,4,6-8H2,1-3H3. The Hall–Kier alpha value is -1.55. The largest absolute Gasteiger partial charge is 0.338 e. The fourth-order valence-corrected chi connectivity index (χ4v) is 2.48. The lowest BCUT2D eigenvalue weighted by molar-refractivity contribution is -0.147. The summed E-state index contributed by atoms with van der Waals surface area (Å²) in [6, 6.07) is 4.27. The van der Waals surface area contributed by atoms with Gasteiger partial charge in [0.2, 0.25) is 5.91 Å². The second kappa shape index (κ2) is 5.19. The van der Waals surface area contributed by atoms with E-state index in [0.29, 0.717) is 31.7 Å². The topological polar surface area (TPSA) is 67.9 Å². The van der Waals surface area contributed by atoms with E-state index in [0.717, 1.165) is 0 Å². The molecule has 0 atom stereocenters. The average molecular weight is 233 g/mol. The molecule has 0 unspecified atom stereocenters. The molecule has 92 valence electrons. The fraction of sp³-hybridized carbons (Fsp3) is 0.769. The molecule has 1 rings (SSSR count). The van der Waals surface area contributed by atoms with Crippen LogP contribution in [-0.2, 0) is 4.79 Å². The predicted octanol–water partition coefficient (Wildman–Crippen LogP) is 2.08. The molecular weight excluding hydrogens is 214 g/mol. The summed E-state index contributed by atoms with van der Waals surface area (Å²) in [4.78, 5) is 14.0. The van der Waals surface area contributed by atoms with Crippen LogP contribution in [0.3, 0.4) is 0 Å². The average Bonchev–Trinajstić information content (AvgIpc) is 2.24. The van der Waals surface area contributed by atoms with E-state index < -0.39 is 5.41 Å². The first kappa shape index (κ1) is 13.5. The molecule has 1 fully saturated rings. The molecule has 0 bridgehead atoms. The van der Waals surface area contributed by atoms with E-state index in [2.05, 4.69) is 13.0 Å². The first-order chi connectivity index (χ1) is 7.96. The van der Waals surface area contributed by atoms with Gasteiger partial charge in [0, 0.05) is 12.6 Å². The Morgan fingerprint density at radius 2 is 2.06 bits per heavy atom. The smallest absolute Gasteiger partial charge is 0.243 e. The van der Waals surface area contributed by atoms with Crippen molar-refractivity contribution in [1.29, 1.82) is 10.5 Å². The molecule has 0 saturated heterocycles. The first-order valence-corrected chi connectivity index (χ1v) is 6.06. The molecular formula is C13H19N3O. The minimum Gasteiger partial charge on any atom is -0.338 e. The Morgan fingerprint density at radius 1 is 1.47 bits per heavy atom. The van der Waals surface area contributed by atoms with Crippen molar-refractivity contribution in [2.45, 2.75) is 46.1 Å². The Morgan fingerprint density at radius 3 is 2.41 bits per heavy atom. The summed E-state index contributed by atoms with van der Waals surface area (Å²) in [5.41, 5.74) is -0.820. The Bertz CT molecular complexity index is 369. The van der Waals surface area contributed by atoms with Crippen LogP contribution in [0.25, 0.3) is 0 Å². The van der Waals surface area contributed by atoms with E-state index in [1.165, 1.54) is 0 Å². The number of hydrogen-bond acceptors (Lipinski definition) is 3. The van der Waals surface area contributed by atoms with E-state index in [1.807, 2.05) is 19.9 Å². The third-order valence-electron chi connectivity index (χ3n) is 3.37. The van der Waals surface area contributed by atoms with Gasteiger partial charge in [0.15, 0.2) is 0 Å². The highest BCUT2D eigenvalue weighted by Gasteiger charge is 2.50. The zero-order valence-electron chi connectivity index (χ0n) is 10.7. The summed E-state index contributed by atoms with van der Waals surface area (Å²) < 4.78 is 0. The molecule has 0 heterocycles. The van der Waals surface area contributed by atoms with Gasteiger partial charge in [-0.1, -0.05) is 6.92 Å². The molecule has 4 nitrogen and oxygen atoms in total. The van der Waals surface area contributed by atoms with Crippen molar-refractivity contribution in [2.24, 2.45) is 11.3 Å². The number of rotatable bonds is 4. The zero-order valence-corrected chi connectivity index (χ0v) is 10.7. The monoisotopic (exact) mass is 233 g/mol. The van der Waals surface area contributed by atoms with Crippen LogP contribution in [0.5, 0.6) is 0 Å². The summed E-state index contributed by atoms with van der Waals surface area (Å²) in [5, 5.41) is 17.8. The van der Waals surface area contributed by atoms with Crippen LogP contribution in [0.1, 0.15) is 40.0 Å². The van der Waals surface area contributed by atoms with Crippen molar-refractivity contribution in [3.63, 3.8) is 0 Å². The molecule has 1 saturated carbocycles. The molecule has 0 N–H and O–H groups in total. The van der Waals surface area contributed by atoms with Gasteiger partial charge in [0.25, 0.3) is 0 Å². The molecule has 4 heteroatoms. The van der Waals surface area contributed by atoms with Crippen LogP contribution in [0.2, 0.25) is 0 Å². The molecule has 0 aromatic heterocycles. The highest BCUT2D eigenvalue weighted by molar-refractivity contribution is 5.86. The summed E-state index contributed by atoms with van der Waals surface area (Å²) in [6.45, 7) is 6.31. The maximum absolute atomic E-state index is 12.4. The SMILES string of the molecule is CC1CC(C#N)(C(=O)N(CCC#N)C(C)C)C1. The Kier molecular flexibility index (Phi) is 4.12. The molecule has 0 spiro atoms. The van der Waals surface area contributed by atoms with Crippen molar-refractivity contribution in [2.75, 3.05) is 6.54 Å². The molecule has 0 aromatic rings. The van der Waals surface area contributed by atoms with Crippen LogP contribution in [0, 0.1) is 34.0 Å². The van der Waals surface area contributed by atoms with Crippen molar-refractivity contribution in [3.05, 3.63) is 0 Å². The third-order valence-corrected chi connectivity index (χ3v) is 3.37. The van der Waals surface area contributed by atoms with Crippen molar-refractivity contribution in [1.82, 2.24) is 4.90 Å². The van der Waals surface area contributed by atoms with Gasteiger partial charge in [0.05, 0.1) is 18.6 Å². The van der Waals surface area contributed by atoms with Gasteiger partial charge in [-0.05, 0) is 32.6 Å². The minimum absolute atomic E-state index is 0.0389. The lowest BCUT2D eigenvalue weighted by Crippen LogP contribution is -2.52. The molecule has 1 aliphatic rings. The molecule has 17 heavy (non-hydrogen) atoms. The Labute approximate surface area is 103 Å². The van der Waals surface area contributed by atoms with Gasteiger partial charge in [0.1, 0.15) is 5.41 Å². The van der Waals surface area contributed by atoms with Crippen LogP contribution >= 0.6 is 0 Å². The van der Waals surface area contributed by atoms with Crippen molar-refractivity contribution < 1.29 is 4.79 Å². The van der Waals surface area contributed by atoms with Gasteiger partial charge in [-0.15, -0.1) is 0 Å². The van der Waals surface area contributed by atoms with Gasteiger partial charge >= 0.3 is 0 Å². The maximum Gasteiger partial charge on any atom is 0.243 e.